The van der Waals surface area contributed by atoms with Gasteiger partial charge in [0.1, 0.15) is 5.75 Å². The molecule has 0 fully saturated rings. The first kappa shape index (κ1) is 22.2. The molecule has 148 valence electrons. The summed E-state index contributed by atoms with van der Waals surface area (Å²) < 4.78 is 9.60. The Bertz CT molecular complexity index is 687. The van der Waals surface area contributed by atoms with Gasteiger partial charge in [-0.15, -0.1) is 0 Å². The Morgan fingerprint density at radius 1 is 1.04 bits per heavy atom. The number of hydrogen-bond donors (Lipinski definition) is 2. The Labute approximate surface area is 160 Å². The molecule has 0 bridgehead atoms. The van der Waals surface area contributed by atoms with E-state index in [-0.39, 0.29) is 23.8 Å². The fourth-order valence-corrected chi connectivity index (χ4v) is 1.85. The molecule has 2 N–H and O–H groups in total. The summed E-state index contributed by atoms with van der Waals surface area (Å²) in [7, 11) is 0. The lowest BCUT2D eigenvalue weighted by atomic mass is 9.87. The Kier molecular flexibility index (Phi) is 8.51. The maximum atomic E-state index is 12.1. The third-order valence-electron chi connectivity index (χ3n) is 3.82. The summed E-state index contributed by atoms with van der Waals surface area (Å²) in [4.78, 5) is 35.1. The average Bonchev–Trinajstić information content (AvgIpc) is 2.58. The second-order valence-electron chi connectivity index (χ2n) is 6.93. The number of nitrogens with one attached hydrogen (secondary N) is 2. The molecule has 1 aromatic carbocycles. The van der Waals surface area contributed by atoms with Crippen molar-refractivity contribution in [3.8, 4) is 5.75 Å². The zero-order chi connectivity index (χ0) is 20.4. The van der Waals surface area contributed by atoms with Crippen LogP contribution in [0, 0.1) is 5.41 Å². The Morgan fingerprint density at radius 2 is 1.63 bits per heavy atom. The number of amides is 2. The van der Waals surface area contributed by atoms with Crippen LogP contribution in [0.5, 0.6) is 5.75 Å². The zero-order valence-electron chi connectivity index (χ0n) is 16.5. The standard InChI is InChI=1S/C20H28N2O5/c1-6-26-19(25)27-16-9-7-15(8-10-16)18(24)22-12-11-21-17(23)13-14(2)20(3,4)5/h7-10,13H,6,11-12H2,1-5H3,(H,21,23)(H,22,24)/b14-13+. The first-order chi connectivity index (χ1) is 12.6. The SMILES string of the molecule is CCOC(=O)Oc1ccc(C(=O)NCCNC(=O)/C=C(\C)C(C)(C)C)cc1. The van der Waals surface area contributed by atoms with Crippen molar-refractivity contribution in [2.24, 2.45) is 5.41 Å². The highest BCUT2D eigenvalue weighted by Gasteiger charge is 2.13. The van der Waals surface area contributed by atoms with E-state index < -0.39 is 6.16 Å². The van der Waals surface area contributed by atoms with Gasteiger partial charge in [-0.3, -0.25) is 9.59 Å². The second-order valence-corrected chi connectivity index (χ2v) is 6.93. The predicted molar refractivity (Wildman–Crippen MR) is 103 cm³/mol. The quantitative estimate of drug-likeness (QED) is 0.330. The van der Waals surface area contributed by atoms with E-state index in [0.29, 0.717) is 24.4 Å². The van der Waals surface area contributed by atoms with Crippen LogP contribution in [0.1, 0.15) is 45.0 Å². The van der Waals surface area contributed by atoms with Crippen LogP contribution >= 0.6 is 0 Å². The molecule has 0 aliphatic rings. The third kappa shape index (κ3) is 8.40. The Hall–Kier alpha value is -2.83. The van der Waals surface area contributed by atoms with Crippen molar-refractivity contribution in [2.75, 3.05) is 19.7 Å². The van der Waals surface area contributed by atoms with Gasteiger partial charge in [-0.05, 0) is 43.5 Å². The van der Waals surface area contributed by atoms with Crippen molar-refractivity contribution in [3.05, 3.63) is 41.5 Å². The van der Waals surface area contributed by atoms with Crippen molar-refractivity contribution in [2.45, 2.75) is 34.6 Å². The van der Waals surface area contributed by atoms with Crippen LogP contribution in [0.4, 0.5) is 4.79 Å². The molecule has 7 nitrogen and oxygen atoms in total. The van der Waals surface area contributed by atoms with E-state index in [2.05, 4.69) is 15.4 Å². The van der Waals surface area contributed by atoms with Gasteiger partial charge in [-0.1, -0.05) is 26.3 Å². The molecular formula is C20H28N2O5. The molecule has 2 amide bonds. The molecule has 0 spiro atoms. The van der Waals surface area contributed by atoms with E-state index in [4.69, 9.17) is 4.74 Å². The number of carbonyl (C=O) groups is 3. The van der Waals surface area contributed by atoms with Gasteiger partial charge in [0.15, 0.2) is 0 Å². The van der Waals surface area contributed by atoms with Crippen LogP contribution < -0.4 is 15.4 Å². The van der Waals surface area contributed by atoms with E-state index in [1.807, 2.05) is 27.7 Å². The molecule has 27 heavy (non-hydrogen) atoms. The van der Waals surface area contributed by atoms with Crippen molar-refractivity contribution in [1.29, 1.82) is 0 Å². The minimum atomic E-state index is -0.791. The lowest BCUT2D eigenvalue weighted by Gasteiger charge is -2.19. The van der Waals surface area contributed by atoms with Gasteiger partial charge in [0.2, 0.25) is 5.91 Å². The summed E-state index contributed by atoms with van der Waals surface area (Å²) in [6.07, 6.45) is 0.783. The largest absolute Gasteiger partial charge is 0.513 e. The summed E-state index contributed by atoms with van der Waals surface area (Å²) in [6.45, 7) is 10.5. The van der Waals surface area contributed by atoms with Crippen molar-refractivity contribution < 1.29 is 23.9 Å². The molecular weight excluding hydrogens is 348 g/mol. The van der Waals surface area contributed by atoms with Gasteiger partial charge in [0.25, 0.3) is 5.91 Å². The molecule has 1 aromatic rings. The highest BCUT2D eigenvalue weighted by atomic mass is 16.7. The molecule has 0 aliphatic carbocycles. The normalized spacial score (nSPS) is 11.5. The number of carbonyl (C=O) groups excluding carboxylic acids is 3. The fourth-order valence-electron chi connectivity index (χ4n) is 1.85. The van der Waals surface area contributed by atoms with Crippen molar-refractivity contribution in [3.63, 3.8) is 0 Å². The van der Waals surface area contributed by atoms with Gasteiger partial charge in [0.05, 0.1) is 6.61 Å². The predicted octanol–water partition coefficient (Wildman–Crippen LogP) is 3.06. The smallest absolute Gasteiger partial charge is 0.434 e. The van der Waals surface area contributed by atoms with E-state index in [9.17, 15) is 14.4 Å². The van der Waals surface area contributed by atoms with E-state index in [1.54, 1.807) is 13.0 Å². The number of benzene rings is 1. The van der Waals surface area contributed by atoms with Gasteiger partial charge in [0, 0.05) is 24.7 Å². The second kappa shape index (κ2) is 10.4. The molecule has 0 radical (unpaired) electrons. The van der Waals surface area contributed by atoms with Gasteiger partial charge >= 0.3 is 6.16 Å². The average molecular weight is 376 g/mol. The van der Waals surface area contributed by atoms with Crippen LogP contribution in [0.25, 0.3) is 0 Å². The summed E-state index contributed by atoms with van der Waals surface area (Å²) in [5.41, 5.74) is 1.34. The Balaban J connectivity index is 2.40. The molecule has 0 unspecified atom stereocenters. The monoisotopic (exact) mass is 376 g/mol. The number of rotatable bonds is 7. The number of allylic oxidation sites excluding steroid dienone is 1. The summed E-state index contributed by atoms with van der Waals surface area (Å²) in [5.74, 6) is -0.177. The first-order valence-corrected chi connectivity index (χ1v) is 8.83. The van der Waals surface area contributed by atoms with Crippen LogP contribution in [-0.2, 0) is 9.53 Å². The van der Waals surface area contributed by atoms with E-state index >= 15 is 0 Å². The maximum absolute atomic E-state index is 12.1. The highest BCUT2D eigenvalue weighted by Crippen LogP contribution is 2.23. The topological polar surface area (TPSA) is 93.7 Å². The summed E-state index contributed by atoms with van der Waals surface area (Å²) >= 11 is 0. The van der Waals surface area contributed by atoms with Gasteiger partial charge < -0.3 is 20.1 Å². The molecule has 1 rings (SSSR count). The van der Waals surface area contributed by atoms with Crippen molar-refractivity contribution >= 4 is 18.0 Å². The summed E-state index contributed by atoms with van der Waals surface area (Å²) in [6, 6.07) is 6.09. The van der Waals surface area contributed by atoms with Crippen LogP contribution in [0.3, 0.4) is 0 Å². The van der Waals surface area contributed by atoms with Crippen LogP contribution in [0.2, 0.25) is 0 Å². The molecule has 0 heterocycles. The fraction of sp³-hybridized carbons (Fsp3) is 0.450. The molecule has 0 saturated carbocycles. The molecule has 0 aliphatic heterocycles. The van der Waals surface area contributed by atoms with Crippen LogP contribution in [-0.4, -0.2) is 37.7 Å². The molecule has 0 aromatic heterocycles. The van der Waals surface area contributed by atoms with Crippen molar-refractivity contribution in [1.82, 2.24) is 10.6 Å². The van der Waals surface area contributed by atoms with Gasteiger partial charge in [-0.2, -0.15) is 0 Å². The number of ether oxygens (including phenoxy) is 2. The molecule has 0 saturated heterocycles. The zero-order valence-corrected chi connectivity index (χ0v) is 16.5. The van der Waals surface area contributed by atoms with Crippen LogP contribution in [0.15, 0.2) is 35.9 Å². The molecule has 0 atom stereocenters. The minimum absolute atomic E-state index is 0.0608. The van der Waals surface area contributed by atoms with Gasteiger partial charge in [-0.25, -0.2) is 4.79 Å². The molecule has 7 heteroatoms. The third-order valence-corrected chi connectivity index (χ3v) is 3.82. The lowest BCUT2D eigenvalue weighted by molar-refractivity contribution is -0.116. The Morgan fingerprint density at radius 3 is 2.19 bits per heavy atom. The lowest BCUT2D eigenvalue weighted by Crippen LogP contribution is -2.34. The first-order valence-electron chi connectivity index (χ1n) is 8.83. The number of hydrogen-bond acceptors (Lipinski definition) is 5. The van der Waals surface area contributed by atoms with E-state index in [0.717, 1.165) is 5.57 Å². The highest BCUT2D eigenvalue weighted by molar-refractivity contribution is 5.94. The van der Waals surface area contributed by atoms with E-state index in [1.165, 1.54) is 24.3 Å². The maximum Gasteiger partial charge on any atom is 0.513 e. The summed E-state index contributed by atoms with van der Waals surface area (Å²) in [5, 5.41) is 5.45. The minimum Gasteiger partial charge on any atom is -0.434 e.